The Labute approximate surface area is 268 Å². The number of fused-ring (bicyclic) bond motifs is 2. The largest absolute Gasteiger partial charge is 0.356 e. The van der Waals surface area contributed by atoms with Gasteiger partial charge < -0.3 is 20.6 Å². The zero-order valence-electron chi connectivity index (χ0n) is 25.3. The molecule has 0 spiro atoms. The van der Waals surface area contributed by atoms with Crippen molar-refractivity contribution in [1.82, 2.24) is 20.6 Å². The highest BCUT2D eigenvalue weighted by molar-refractivity contribution is 7.99. The second kappa shape index (κ2) is 14.8. The van der Waals surface area contributed by atoms with Gasteiger partial charge in [-0.1, -0.05) is 109 Å². The maximum absolute atomic E-state index is 12.8. The van der Waals surface area contributed by atoms with Gasteiger partial charge in [0.25, 0.3) is 0 Å². The summed E-state index contributed by atoms with van der Waals surface area (Å²) in [7, 11) is 0. The molecule has 6 aromatic rings. The van der Waals surface area contributed by atoms with E-state index in [9.17, 15) is 9.59 Å². The standard InChI is InChI=1S/C38H38N4O2S/c43-35(39-25-23-27-11-3-1-4-12-27)21-19-31-29-15-7-9-17-33(29)41-37(31)45-38-32(30-16-8-10-18-34(30)42-38)20-22-36(44)40-26-24-28-13-5-2-6-14-28/h1-18,41-42H,19-26H2,(H,39,43)(H,40,44). The van der Waals surface area contributed by atoms with Gasteiger partial charge in [0.1, 0.15) is 0 Å². The van der Waals surface area contributed by atoms with Gasteiger partial charge in [-0.3, -0.25) is 9.59 Å². The molecule has 0 saturated carbocycles. The van der Waals surface area contributed by atoms with Crippen molar-refractivity contribution in [3.63, 3.8) is 0 Å². The lowest BCUT2D eigenvalue weighted by Crippen LogP contribution is -2.25. The van der Waals surface area contributed by atoms with Crippen molar-refractivity contribution in [2.24, 2.45) is 0 Å². The van der Waals surface area contributed by atoms with Gasteiger partial charge in [0, 0.05) is 47.7 Å². The van der Waals surface area contributed by atoms with Gasteiger partial charge in [0.2, 0.25) is 11.8 Å². The van der Waals surface area contributed by atoms with Crippen LogP contribution in [0, 0.1) is 0 Å². The summed E-state index contributed by atoms with van der Waals surface area (Å²) in [5, 5.41) is 10.5. The first-order valence-electron chi connectivity index (χ1n) is 15.6. The molecule has 2 amide bonds. The summed E-state index contributed by atoms with van der Waals surface area (Å²) >= 11 is 1.65. The molecule has 0 radical (unpaired) electrons. The van der Waals surface area contributed by atoms with E-state index in [2.05, 4.69) is 69.1 Å². The van der Waals surface area contributed by atoms with Gasteiger partial charge in [-0.05, 0) is 60.1 Å². The van der Waals surface area contributed by atoms with Gasteiger partial charge >= 0.3 is 0 Å². The molecule has 228 valence electrons. The van der Waals surface area contributed by atoms with Crippen LogP contribution in [0.15, 0.2) is 119 Å². The number of hydrogen-bond donors (Lipinski definition) is 4. The fraction of sp³-hybridized carbons (Fsp3) is 0.211. The van der Waals surface area contributed by atoms with E-state index in [0.717, 1.165) is 55.8 Å². The SMILES string of the molecule is O=C(CCc1c(Sc2[nH]c3ccccc3c2CCC(=O)NCCc2ccccc2)[nH]c2ccccc12)NCCc1ccccc1. The van der Waals surface area contributed by atoms with E-state index >= 15 is 0 Å². The molecule has 0 bridgehead atoms. The Morgan fingerprint density at radius 3 is 1.36 bits per heavy atom. The minimum absolute atomic E-state index is 0.0525. The average molecular weight is 615 g/mol. The van der Waals surface area contributed by atoms with E-state index in [1.165, 1.54) is 11.1 Å². The van der Waals surface area contributed by atoms with E-state index in [4.69, 9.17) is 0 Å². The summed E-state index contributed by atoms with van der Waals surface area (Å²) < 4.78 is 0. The van der Waals surface area contributed by atoms with Crippen LogP contribution in [0.25, 0.3) is 21.8 Å². The number of benzene rings is 4. The van der Waals surface area contributed by atoms with Crippen molar-refractivity contribution in [1.29, 1.82) is 0 Å². The maximum atomic E-state index is 12.8. The molecule has 7 heteroatoms. The van der Waals surface area contributed by atoms with E-state index in [1.54, 1.807) is 11.8 Å². The first-order valence-corrected chi connectivity index (χ1v) is 16.4. The summed E-state index contributed by atoms with van der Waals surface area (Å²) in [4.78, 5) is 32.9. The average Bonchev–Trinajstić information content (AvgIpc) is 3.60. The van der Waals surface area contributed by atoms with E-state index in [0.29, 0.717) is 38.8 Å². The Hall–Kier alpha value is -4.75. The van der Waals surface area contributed by atoms with Crippen molar-refractivity contribution in [3.05, 3.63) is 131 Å². The minimum Gasteiger partial charge on any atom is -0.356 e. The third-order valence-corrected chi connectivity index (χ3v) is 9.22. The van der Waals surface area contributed by atoms with Crippen molar-refractivity contribution in [3.8, 4) is 0 Å². The highest BCUT2D eigenvalue weighted by Crippen LogP contribution is 2.39. The smallest absolute Gasteiger partial charge is 0.220 e. The minimum atomic E-state index is 0.0525. The molecule has 4 N–H and O–H groups in total. The van der Waals surface area contributed by atoms with Crippen LogP contribution >= 0.6 is 11.8 Å². The molecule has 0 saturated heterocycles. The summed E-state index contributed by atoms with van der Waals surface area (Å²) in [6.07, 6.45) is 3.70. The fourth-order valence-electron chi connectivity index (χ4n) is 5.76. The number of nitrogens with one attached hydrogen (secondary N) is 4. The van der Waals surface area contributed by atoms with E-state index in [1.807, 2.05) is 60.7 Å². The molecule has 0 atom stereocenters. The second-order valence-electron chi connectivity index (χ2n) is 11.2. The third kappa shape index (κ3) is 7.86. The number of carbonyl (C=O) groups excluding carboxylic acids is 2. The molecule has 2 heterocycles. The maximum Gasteiger partial charge on any atom is 0.220 e. The lowest BCUT2D eigenvalue weighted by Gasteiger charge is -2.09. The van der Waals surface area contributed by atoms with Gasteiger partial charge in [-0.15, -0.1) is 0 Å². The zero-order valence-corrected chi connectivity index (χ0v) is 26.1. The van der Waals surface area contributed by atoms with Crippen LogP contribution in [0.1, 0.15) is 35.1 Å². The van der Waals surface area contributed by atoms with Gasteiger partial charge in [0.15, 0.2) is 0 Å². The van der Waals surface area contributed by atoms with Crippen molar-refractivity contribution in [2.75, 3.05) is 13.1 Å². The highest BCUT2D eigenvalue weighted by Gasteiger charge is 2.19. The number of amides is 2. The summed E-state index contributed by atoms with van der Waals surface area (Å²) in [6.45, 7) is 1.24. The first-order chi connectivity index (χ1) is 22.1. The molecule has 0 unspecified atom stereocenters. The van der Waals surface area contributed by atoms with Crippen LogP contribution in [0.5, 0.6) is 0 Å². The fourth-order valence-corrected chi connectivity index (χ4v) is 6.96. The molecule has 0 fully saturated rings. The number of hydrogen-bond acceptors (Lipinski definition) is 3. The summed E-state index contributed by atoms with van der Waals surface area (Å²) in [5.74, 6) is 0.105. The lowest BCUT2D eigenvalue weighted by atomic mass is 10.1. The van der Waals surface area contributed by atoms with Crippen LogP contribution in [0.2, 0.25) is 0 Å². The number of para-hydroxylation sites is 2. The number of aromatic nitrogens is 2. The zero-order chi connectivity index (χ0) is 30.8. The van der Waals surface area contributed by atoms with Crippen LogP contribution in [-0.2, 0) is 35.3 Å². The highest BCUT2D eigenvalue weighted by atomic mass is 32.2. The topological polar surface area (TPSA) is 89.8 Å². The number of rotatable bonds is 14. The monoisotopic (exact) mass is 614 g/mol. The number of aromatic amines is 2. The molecular formula is C38H38N4O2S. The van der Waals surface area contributed by atoms with Crippen molar-refractivity contribution in [2.45, 2.75) is 48.6 Å². The van der Waals surface area contributed by atoms with Crippen molar-refractivity contribution < 1.29 is 9.59 Å². The molecule has 0 aliphatic rings. The molecule has 6 rings (SSSR count). The predicted octanol–water partition coefficient (Wildman–Crippen LogP) is 7.38. The Morgan fingerprint density at radius 1 is 0.511 bits per heavy atom. The quantitative estimate of drug-likeness (QED) is 0.103. The molecule has 0 aliphatic heterocycles. The lowest BCUT2D eigenvalue weighted by molar-refractivity contribution is -0.121. The predicted molar refractivity (Wildman–Crippen MR) is 184 cm³/mol. The molecule has 45 heavy (non-hydrogen) atoms. The molecule has 0 aliphatic carbocycles. The third-order valence-electron chi connectivity index (χ3n) is 8.11. The Morgan fingerprint density at radius 2 is 0.911 bits per heavy atom. The number of aryl methyl sites for hydroxylation is 2. The molecule has 2 aromatic heterocycles. The van der Waals surface area contributed by atoms with Gasteiger partial charge in [0.05, 0.1) is 10.1 Å². The van der Waals surface area contributed by atoms with E-state index < -0.39 is 0 Å². The van der Waals surface area contributed by atoms with Crippen LogP contribution < -0.4 is 10.6 Å². The van der Waals surface area contributed by atoms with Crippen LogP contribution in [0.4, 0.5) is 0 Å². The number of carbonyl (C=O) groups is 2. The number of H-pyrrole nitrogens is 2. The molecule has 4 aromatic carbocycles. The first kappa shape index (κ1) is 30.3. The Bertz CT molecular complexity index is 1740. The van der Waals surface area contributed by atoms with Crippen LogP contribution in [0.3, 0.4) is 0 Å². The Balaban J connectivity index is 1.14. The molecule has 6 nitrogen and oxygen atoms in total. The normalized spacial score (nSPS) is 11.2. The van der Waals surface area contributed by atoms with Gasteiger partial charge in [-0.2, -0.15) is 0 Å². The van der Waals surface area contributed by atoms with Crippen molar-refractivity contribution >= 4 is 45.4 Å². The Kier molecular flexibility index (Phi) is 9.97. The van der Waals surface area contributed by atoms with Gasteiger partial charge in [-0.25, -0.2) is 0 Å². The summed E-state index contributed by atoms with van der Waals surface area (Å²) in [5.41, 5.74) is 6.80. The second-order valence-corrected chi connectivity index (χ2v) is 12.3. The van der Waals surface area contributed by atoms with E-state index in [-0.39, 0.29) is 11.8 Å². The van der Waals surface area contributed by atoms with Crippen LogP contribution in [-0.4, -0.2) is 34.9 Å². The molecular weight excluding hydrogens is 577 g/mol. The summed E-state index contributed by atoms with van der Waals surface area (Å²) in [6, 6.07) is 36.9.